The van der Waals surface area contributed by atoms with Crippen molar-refractivity contribution in [3.05, 3.63) is 35.9 Å². The molecule has 1 rings (SSSR count). The highest BCUT2D eigenvalue weighted by Crippen LogP contribution is 2.08. The fourth-order valence-corrected chi connectivity index (χ4v) is 1.75. The van der Waals surface area contributed by atoms with Crippen LogP contribution in [-0.4, -0.2) is 46.8 Å². The molecule has 4 N–H and O–H groups in total. The molecule has 116 valence electrons. The third kappa shape index (κ3) is 4.54. The van der Waals surface area contributed by atoms with Gasteiger partial charge in [-0.25, -0.2) is 0 Å². The number of carbonyl (C=O) groups is 2. The van der Waals surface area contributed by atoms with Gasteiger partial charge in [-0.15, -0.1) is 0 Å². The molecule has 0 radical (unpaired) electrons. The van der Waals surface area contributed by atoms with Crippen molar-refractivity contribution in [1.82, 2.24) is 10.6 Å². The fraction of sp³-hybridized carbons (Fsp3) is 0.467. The van der Waals surface area contributed by atoms with Crippen molar-refractivity contribution in [3.63, 3.8) is 0 Å². The van der Waals surface area contributed by atoms with E-state index in [4.69, 9.17) is 0 Å². The summed E-state index contributed by atoms with van der Waals surface area (Å²) in [5.41, 5.74) is -0.605. The normalized spacial score (nSPS) is 12.6. The minimum Gasteiger partial charge on any atom is -0.394 e. The van der Waals surface area contributed by atoms with Crippen LogP contribution in [0.4, 0.5) is 0 Å². The Labute approximate surface area is 124 Å². The summed E-state index contributed by atoms with van der Waals surface area (Å²) in [6.45, 7) is 2.56. The maximum atomic E-state index is 12.1. The summed E-state index contributed by atoms with van der Waals surface area (Å²) in [5.74, 6) is -0.808. The van der Waals surface area contributed by atoms with E-state index in [1.165, 1.54) is 0 Å². The van der Waals surface area contributed by atoms with Gasteiger partial charge in [-0.1, -0.05) is 25.1 Å². The Bertz CT molecular complexity index is 464. The number of hydrogen-bond donors (Lipinski definition) is 4. The molecule has 6 nitrogen and oxygen atoms in total. The van der Waals surface area contributed by atoms with E-state index in [9.17, 15) is 19.8 Å². The lowest BCUT2D eigenvalue weighted by Crippen LogP contribution is -2.58. The van der Waals surface area contributed by atoms with Crippen LogP contribution in [0.5, 0.6) is 0 Å². The zero-order valence-electron chi connectivity index (χ0n) is 12.3. The molecule has 1 unspecified atom stereocenters. The number of aliphatic hydroxyl groups excluding tert-OH is 2. The van der Waals surface area contributed by atoms with E-state index < -0.39 is 17.5 Å². The lowest BCUT2D eigenvalue weighted by atomic mass is 9.98. The zero-order valence-corrected chi connectivity index (χ0v) is 12.3. The Kier molecular flexibility index (Phi) is 6.33. The van der Waals surface area contributed by atoms with Crippen LogP contribution in [0.2, 0.25) is 0 Å². The van der Waals surface area contributed by atoms with Gasteiger partial charge in [0.05, 0.1) is 18.8 Å². The Hall–Kier alpha value is -1.92. The van der Waals surface area contributed by atoms with Crippen molar-refractivity contribution in [2.24, 2.45) is 0 Å². The van der Waals surface area contributed by atoms with Gasteiger partial charge in [-0.2, -0.15) is 0 Å². The highest BCUT2D eigenvalue weighted by Gasteiger charge is 2.30. The summed E-state index contributed by atoms with van der Waals surface area (Å²) < 4.78 is 0. The van der Waals surface area contributed by atoms with Gasteiger partial charge in [0.15, 0.2) is 0 Å². The molecule has 0 heterocycles. The summed E-state index contributed by atoms with van der Waals surface area (Å²) in [6.07, 6.45) is 0.380. The Morgan fingerprint density at radius 1 is 1.19 bits per heavy atom. The third-order valence-corrected chi connectivity index (χ3v) is 3.45. The van der Waals surface area contributed by atoms with Crippen LogP contribution in [0, 0.1) is 0 Å². The lowest BCUT2D eigenvalue weighted by molar-refractivity contribution is -0.126. The van der Waals surface area contributed by atoms with E-state index in [0.717, 1.165) is 0 Å². The molecule has 1 aromatic rings. The number of rotatable bonds is 7. The number of amides is 2. The van der Waals surface area contributed by atoms with Crippen molar-refractivity contribution in [2.45, 2.75) is 31.8 Å². The molecule has 0 fully saturated rings. The predicted molar refractivity (Wildman–Crippen MR) is 78.7 cm³/mol. The topological polar surface area (TPSA) is 98.7 Å². The second-order valence-electron chi connectivity index (χ2n) is 5.00. The Morgan fingerprint density at radius 2 is 1.76 bits per heavy atom. The molecular weight excluding hydrogens is 272 g/mol. The maximum Gasteiger partial charge on any atom is 0.251 e. The van der Waals surface area contributed by atoms with E-state index in [0.29, 0.717) is 12.0 Å². The predicted octanol–water partition coefficient (Wildman–Crippen LogP) is 0.0545. The van der Waals surface area contributed by atoms with Gasteiger partial charge in [0.2, 0.25) is 5.91 Å². The van der Waals surface area contributed by atoms with Gasteiger partial charge >= 0.3 is 0 Å². The molecule has 0 aliphatic carbocycles. The fourth-order valence-electron chi connectivity index (χ4n) is 1.75. The van der Waals surface area contributed by atoms with E-state index in [2.05, 4.69) is 10.6 Å². The minimum atomic E-state index is -1.07. The van der Waals surface area contributed by atoms with Gasteiger partial charge in [-0.05, 0) is 25.5 Å². The third-order valence-electron chi connectivity index (χ3n) is 3.45. The molecule has 21 heavy (non-hydrogen) atoms. The first kappa shape index (κ1) is 17.1. The first-order valence-electron chi connectivity index (χ1n) is 6.87. The summed E-state index contributed by atoms with van der Waals surface area (Å²) in [7, 11) is 0. The number of hydrogen-bond acceptors (Lipinski definition) is 4. The standard InChI is InChI=1S/C15H22N2O4/c1-3-15(9-18,10-19)17-13(20)11(2)16-14(21)12-7-5-4-6-8-12/h4-8,11,18-19H,3,9-10H2,1-2H3,(H,16,21)(H,17,20). The molecule has 0 spiro atoms. The molecule has 1 aromatic carbocycles. The number of benzene rings is 1. The lowest BCUT2D eigenvalue weighted by Gasteiger charge is -2.31. The van der Waals surface area contributed by atoms with Crippen molar-refractivity contribution < 1.29 is 19.8 Å². The number of nitrogens with one attached hydrogen (secondary N) is 2. The van der Waals surface area contributed by atoms with Crippen LogP contribution in [-0.2, 0) is 4.79 Å². The molecule has 0 aliphatic heterocycles. The zero-order chi connectivity index (χ0) is 15.9. The number of carbonyl (C=O) groups excluding carboxylic acids is 2. The van der Waals surface area contributed by atoms with Crippen LogP contribution in [0.25, 0.3) is 0 Å². The van der Waals surface area contributed by atoms with E-state index in [-0.39, 0.29) is 19.1 Å². The largest absolute Gasteiger partial charge is 0.394 e. The van der Waals surface area contributed by atoms with Gasteiger partial charge in [-0.3, -0.25) is 9.59 Å². The second kappa shape index (κ2) is 7.75. The monoisotopic (exact) mass is 294 g/mol. The average molecular weight is 294 g/mol. The van der Waals surface area contributed by atoms with Crippen LogP contribution in [0.15, 0.2) is 30.3 Å². The molecule has 0 aromatic heterocycles. The quantitative estimate of drug-likeness (QED) is 0.571. The van der Waals surface area contributed by atoms with Gasteiger partial charge in [0.1, 0.15) is 6.04 Å². The second-order valence-corrected chi connectivity index (χ2v) is 5.00. The SMILES string of the molecule is CCC(CO)(CO)NC(=O)C(C)NC(=O)c1ccccc1. The molecule has 1 atom stereocenters. The average Bonchev–Trinajstić information content (AvgIpc) is 2.53. The molecule has 6 heteroatoms. The summed E-state index contributed by atoms with van der Waals surface area (Å²) >= 11 is 0. The van der Waals surface area contributed by atoms with Gasteiger partial charge < -0.3 is 20.8 Å². The van der Waals surface area contributed by atoms with Crippen LogP contribution in [0.1, 0.15) is 30.6 Å². The molecule has 0 bridgehead atoms. The molecule has 0 saturated carbocycles. The number of aliphatic hydroxyl groups is 2. The van der Waals surface area contributed by atoms with Crippen molar-refractivity contribution in [2.75, 3.05) is 13.2 Å². The van der Waals surface area contributed by atoms with Gasteiger partial charge in [0, 0.05) is 5.56 Å². The minimum absolute atomic E-state index is 0.353. The highest BCUT2D eigenvalue weighted by atomic mass is 16.3. The van der Waals surface area contributed by atoms with Crippen LogP contribution in [0.3, 0.4) is 0 Å². The summed E-state index contributed by atoms with van der Waals surface area (Å²) in [6, 6.07) is 7.79. The smallest absolute Gasteiger partial charge is 0.251 e. The molecular formula is C15H22N2O4. The van der Waals surface area contributed by atoms with Crippen molar-refractivity contribution in [3.8, 4) is 0 Å². The Morgan fingerprint density at radius 3 is 2.24 bits per heavy atom. The maximum absolute atomic E-state index is 12.1. The van der Waals surface area contributed by atoms with Crippen molar-refractivity contribution in [1.29, 1.82) is 0 Å². The first-order chi connectivity index (χ1) is 9.98. The van der Waals surface area contributed by atoms with Crippen LogP contribution >= 0.6 is 0 Å². The van der Waals surface area contributed by atoms with Crippen LogP contribution < -0.4 is 10.6 Å². The first-order valence-corrected chi connectivity index (χ1v) is 6.87. The summed E-state index contributed by atoms with van der Waals surface area (Å²) in [4.78, 5) is 24.0. The highest BCUT2D eigenvalue weighted by molar-refractivity contribution is 5.97. The van der Waals surface area contributed by atoms with Gasteiger partial charge in [0.25, 0.3) is 5.91 Å². The summed E-state index contributed by atoms with van der Waals surface area (Å²) in [5, 5.41) is 23.8. The van der Waals surface area contributed by atoms with E-state index >= 15 is 0 Å². The van der Waals surface area contributed by atoms with Crippen molar-refractivity contribution >= 4 is 11.8 Å². The van der Waals surface area contributed by atoms with E-state index in [1.54, 1.807) is 44.2 Å². The molecule has 0 aliphatic rings. The molecule has 2 amide bonds. The van der Waals surface area contributed by atoms with E-state index in [1.807, 2.05) is 0 Å². The molecule has 0 saturated heterocycles. The Balaban J connectivity index is 2.65.